The molecule has 0 aliphatic rings. The van der Waals surface area contributed by atoms with E-state index < -0.39 is 0 Å². The van der Waals surface area contributed by atoms with Crippen LogP contribution in [0.3, 0.4) is 0 Å². The van der Waals surface area contributed by atoms with E-state index in [2.05, 4.69) is 25.7 Å². The van der Waals surface area contributed by atoms with Gasteiger partial charge in [-0.3, -0.25) is 9.69 Å². The molecule has 1 aromatic carbocycles. The quantitative estimate of drug-likeness (QED) is 0.674. The van der Waals surface area contributed by atoms with Crippen LogP contribution < -0.4 is 4.74 Å². The fourth-order valence-electron chi connectivity index (χ4n) is 2.09. The average molecular weight is 263 g/mol. The van der Waals surface area contributed by atoms with Crippen LogP contribution in [0.25, 0.3) is 0 Å². The monoisotopic (exact) mass is 263 g/mol. The predicted molar refractivity (Wildman–Crippen MR) is 78.9 cm³/mol. The normalized spacial score (nSPS) is 11.1. The largest absolute Gasteiger partial charge is 0.493 e. The molecule has 0 aliphatic heterocycles. The van der Waals surface area contributed by atoms with E-state index in [1.165, 1.54) is 0 Å². The number of ether oxygens (including phenoxy) is 1. The lowest BCUT2D eigenvalue weighted by Crippen LogP contribution is -2.33. The maximum Gasteiger partial charge on any atom is 0.180 e. The Kier molecular flexibility index (Phi) is 6.57. The highest BCUT2D eigenvalue weighted by Gasteiger charge is 2.15. The van der Waals surface area contributed by atoms with E-state index in [0.29, 0.717) is 30.4 Å². The molecule has 1 aromatic rings. The minimum absolute atomic E-state index is 0.131. The van der Waals surface area contributed by atoms with E-state index >= 15 is 0 Å². The van der Waals surface area contributed by atoms with Gasteiger partial charge in [-0.1, -0.05) is 32.9 Å². The second-order valence-electron chi connectivity index (χ2n) is 5.07. The van der Waals surface area contributed by atoms with Gasteiger partial charge in [-0.15, -0.1) is 0 Å². The Hall–Kier alpha value is -1.35. The third-order valence-electron chi connectivity index (χ3n) is 2.93. The van der Waals surface area contributed by atoms with Crippen molar-refractivity contribution in [2.45, 2.75) is 27.7 Å². The zero-order chi connectivity index (χ0) is 14.3. The van der Waals surface area contributed by atoms with Gasteiger partial charge in [0.1, 0.15) is 5.75 Å². The van der Waals surface area contributed by atoms with Crippen molar-refractivity contribution in [2.24, 2.45) is 5.92 Å². The second kappa shape index (κ2) is 7.95. The van der Waals surface area contributed by atoms with Crippen molar-refractivity contribution in [3.8, 4) is 5.75 Å². The molecule has 19 heavy (non-hydrogen) atoms. The molecule has 0 aliphatic carbocycles. The van der Waals surface area contributed by atoms with Crippen LogP contribution in [0.15, 0.2) is 24.3 Å². The standard InChI is InChI=1S/C16H25NO2/c1-5-17(11-13(3)4)12-15(18)14-9-7-8-10-16(14)19-6-2/h7-10,13H,5-6,11-12H2,1-4H3. The molecule has 0 unspecified atom stereocenters. The first kappa shape index (κ1) is 15.7. The van der Waals surface area contributed by atoms with Crippen molar-refractivity contribution in [1.82, 2.24) is 4.90 Å². The van der Waals surface area contributed by atoms with Gasteiger partial charge in [0, 0.05) is 6.54 Å². The molecule has 0 atom stereocenters. The van der Waals surface area contributed by atoms with Crippen LogP contribution in [0.4, 0.5) is 0 Å². The number of ketones is 1. The van der Waals surface area contributed by atoms with Gasteiger partial charge in [0.15, 0.2) is 5.78 Å². The fourth-order valence-corrected chi connectivity index (χ4v) is 2.09. The molecular formula is C16H25NO2. The van der Waals surface area contributed by atoms with E-state index in [0.717, 1.165) is 13.1 Å². The number of rotatable bonds is 8. The first-order valence-electron chi connectivity index (χ1n) is 7.05. The van der Waals surface area contributed by atoms with Crippen molar-refractivity contribution in [2.75, 3.05) is 26.2 Å². The van der Waals surface area contributed by atoms with E-state index in [9.17, 15) is 4.79 Å². The van der Waals surface area contributed by atoms with E-state index in [-0.39, 0.29) is 5.78 Å². The SMILES string of the molecule is CCOc1ccccc1C(=O)CN(CC)CC(C)C. The van der Waals surface area contributed by atoms with Gasteiger partial charge in [-0.25, -0.2) is 0 Å². The molecule has 3 heteroatoms. The van der Waals surface area contributed by atoms with Crippen LogP contribution in [-0.2, 0) is 0 Å². The van der Waals surface area contributed by atoms with Crippen molar-refractivity contribution in [3.63, 3.8) is 0 Å². The molecule has 0 saturated heterocycles. The van der Waals surface area contributed by atoms with Crippen molar-refractivity contribution in [3.05, 3.63) is 29.8 Å². The third kappa shape index (κ3) is 5.03. The highest BCUT2D eigenvalue weighted by Crippen LogP contribution is 2.19. The highest BCUT2D eigenvalue weighted by molar-refractivity contribution is 6.00. The predicted octanol–water partition coefficient (Wildman–Crippen LogP) is 3.25. The van der Waals surface area contributed by atoms with Crippen LogP contribution >= 0.6 is 0 Å². The summed E-state index contributed by atoms with van der Waals surface area (Å²) in [5.74, 6) is 1.39. The Balaban J connectivity index is 2.76. The smallest absolute Gasteiger partial charge is 0.180 e. The van der Waals surface area contributed by atoms with Gasteiger partial charge in [-0.05, 0) is 31.5 Å². The fraction of sp³-hybridized carbons (Fsp3) is 0.562. The van der Waals surface area contributed by atoms with Gasteiger partial charge in [0.25, 0.3) is 0 Å². The van der Waals surface area contributed by atoms with Crippen molar-refractivity contribution >= 4 is 5.78 Å². The van der Waals surface area contributed by atoms with E-state index in [1.807, 2.05) is 31.2 Å². The van der Waals surface area contributed by atoms with Crippen LogP contribution in [-0.4, -0.2) is 36.9 Å². The van der Waals surface area contributed by atoms with E-state index in [1.54, 1.807) is 0 Å². The maximum absolute atomic E-state index is 12.4. The summed E-state index contributed by atoms with van der Waals surface area (Å²) < 4.78 is 5.52. The minimum atomic E-state index is 0.131. The molecule has 0 aromatic heterocycles. The third-order valence-corrected chi connectivity index (χ3v) is 2.93. The number of hydrogen-bond donors (Lipinski definition) is 0. The highest BCUT2D eigenvalue weighted by atomic mass is 16.5. The van der Waals surface area contributed by atoms with Crippen LogP contribution in [0.2, 0.25) is 0 Å². The van der Waals surface area contributed by atoms with Crippen molar-refractivity contribution < 1.29 is 9.53 Å². The van der Waals surface area contributed by atoms with E-state index in [4.69, 9.17) is 4.74 Å². The van der Waals surface area contributed by atoms with Crippen molar-refractivity contribution in [1.29, 1.82) is 0 Å². The van der Waals surface area contributed by atoms with Gasteiger partial charge in [0.05, 0.1) is 18.7 Å². The lowest BCUT2D eigenvalue weighted by Gasteiger charge is -2.22. The molecule has 0 radical (unpaired) electrons. The zero-order valence-electron chi connectivity index (χ0n) is 12.5. The molecule has 0 fully saturated rings. The molecule has 0 N–H and O–H groups in total. The molecule has 0 bridgehead atoms. The number of para-hydroxylation sites is 1. The molecule has 1 rings (SSSR count). The van der Waals surface area contributed by atoms with Gasteiger partial charge in [-0.2, -0.15) is 0 Å². The molecule has 0 spiro atoms. The summed E-state index contributed by atoms with van der Waals surface area (Å²) >= 11 is 0. The van der Waals surface area contributed by atoms with Crippen LogP contribution in [0.1, 0.15) is 38.1 Å². The Labute approximate surface area is 116 Å². The average Bonchev–Trinajstić information content (AvgIpc) is 2.38. The maximum atomic E-state index is 12.4. The molecular weight excluding hydrogens is 238 g/mol. The summed E-state index contributed by atoms with van der Waals surface area (Å²) in [6.07, 6.45) is 0. The molecule has 0 amide bonds. The Morgan fingerprint density at radius 3 is 2.53 bits per heavy atom. The summed E-state index contributed by atoms with van der Waals surface area (Å²) in [5, 5.41) is 0. The molecule has 106 valence electrons. The molecule has 0 saturated carbocycles. The van der Waals surface area contributed by atoms with Gasteiger partial charge < -0.3 is 4.74 Å². The minimum Gasteiger partial charge on any atom is -0.493 e. The van der Waals surface area contributed by atoms with Gasteiger partial charge in [0.2, 0.25) is 0 Å². The number of likely N-dealkylation sites (N-methyl/N-ethyl adjacent to an activating group) is 1. The number of hydrogen-bond acceptors (Lipinski definition) is 3. The summed E-state index contributed by atoms with van der Waals surface area (Å²) in [7, 11) is 0. The Morgan fingerprint density at radius 2 is 1.95 bits per heavy atom. The molecule has 0 heterocycles. The van der Waals surface area contributed by atoms with Crippen LogP contribution in [0.5, 0.6) is 5.75 Å². The number of Topliss-reactive ketones (excluding diaryl/α,β-unsaturated/α-hetero) is 1. The number of carbonyl (C=O) groups excluding carboxylic acids is 1. The van der Waals surface area contributed by atoms with Crippen LogP contribution in [0, 0.1) is 5.92 Å². The number of carbonyl (C=O) groups is 1. The number of nitrogens with zero attached hydrogens (tertiary/aromatic N) is 1. The first-order valence-corrected chi connectivity index (χ1v) is 7.05. The summed E-state index contributed by atoms with van der Waals surface area (Å²) in [4.78, 5) is 14.5. The summed E-state index contributed by atoms with van der Waals surface area (Å²) in [5.41, 5.74) is 0.687. The zero-order valence-corrected chi connectivity index (χ0v) is 12.5. The molecule has 3 nitrogen and oxygen atoms in total. The lowest BCUT2D eigenvalue weighted by molar-refractivity contribution is 0.0922. The van der Waals surface area contributed by atoms with Gasteiger partial charge >= 0.3 is 0 Å². The lowest BCUT2D eigenvalue weighted by atomic mass is 10.1. The number of benzene rings is 1. The summed E-state index contributed by atoms with van der Waals surface area (Å²) in [6.45, 7) is 11.2. The second-order valence-corrected chi connectivity index (χ2v) is 5.07. The summed E-state index contributed by atoms with van der Waals surface area (Å²) in [6, 6.07) is 7.48. The Morgan fingerprint density at radius 1 is 1.26 bits per heavy atom. The first-order chi connectivity index (χ1) is 9.08. The topological polar surface area (TPSA) is 29.5 Å². The Bertz CT molecular complexity index is 401.